The van der Waals surface area contributed by atoms with Crippen LogP contribution in [0.3, 0.4) is 0 Å². The van der Waals surface area contributed by atoms with Crippen LogP contribution in [0.2, 0.25) is 0 Å². The minimum Gasteiger partial charge on any atom is -0.292 e. The number of anilines is 2. The van der Waals surface area contributed by atoms with E-state index in [-0.39, 0.29) is 30.5 Å². The molecular weight excluding hydrogens is 460 g/mol. The van der Waals surface area contributed by atoms with E-state index in [1.165, 1.54) is 7.05 Å². The molecule has 170 valence electrons. The predicted molar refractivity (Wildman–Crippen MR) is 116 cm³/mol. The molecular formula is C20H21F2N5O3S2. The van der Waals surface area contributed by atoms with Crippen LogP contribution >= 0.6 is 11.5 Å². The number of hydrogen-bond donors (Lipinski definition) is 0. The number of nitrogens with zero attached hydrogens (tertiary/aromatic N) is 5. The fourth-order valence-electron chi connectivity index (χ4n) is 4.25. The number of halogens is 2. The average molecular weight is 482 g/mol. The predicted octanol–water partition coefficient (Wildman–Crippen LogP) is 3.55. The topological polar surface area (TPSA) is 96.4 Å². The van der Waals surface area contributed by atoms with Gasteiger partial charge < -0.3 is 0 Å². The van der Waals surface area contributed by atoms with E-state index in [0.717, 1.165) is 32.1 Å². The fraction of sp³-hybridized carbons (Fsp3) is 0.500. The minimum atomic E-state index is -3.92. The maximum atomic E-state index is 13.4. The van der Waals surface area contributed by atoms with E-state index >= 15 is 0 Å². The zero-order chi connectivity index (χ0) is 22.7. The van der Waals surface area contributed by atoms with E-state index < -0.39 is 22.0 Å². The normalized spacial score (nSPS) is 25.4. The number of alkyl halides is 2. The molecule has 2 atom stereocenters. The van der Waals surface area contributed by atoms with Crippen molar-refractivity contribution in [2.75, 3.05) is 22.2 Å². The Labute approximate surface area is 188 Å². The molecule has 0 bridgehead atoms. The molecule has 3 aliphatic rings. The van der Waals surface area contributed by atoms with Gasteiger partial charge in [0.05, 0.1) is 11.4 Å². The summed E-state index contributed by atoms with van der Waals surface area (Å²) in [6.07, 6.45) is 4.40. The van der Waals surface area contributed by atoms with Crippen molar-refractivity contribution < 1.29 is 22.0 Å². The summed E-state index contributed by atoms with van der Waals surface area (Å²) in [4.78, 5) is 16.8. The van der Waals surface area contributed by atoms with Crippen LogP contribution in [-0.2, 0) is 10.2 Å². The maximum Gasteiger partial charge on any atom is 0.327 e. The number of hydrogen-bond acceptors (Lipinski definition) is 7. The van der Waals surface area contributed by atoms with Crippen molar-refractivity contribution in [3.63, 3.8) is 0 Å². The van der Waals surface area contributed by atoms with Crippen LogP contribution in [0.4, 0.5) is 20.3 Å². The molecule has 2 aromatic rings. The second kappa shape index (κ2) is 7.55. The van der Waals surface area contributed by atoms with Crippen LogP contribution in [0.25, 0.3) is 5.57 Å². The Balaban J connectivity index is 1.32. The summed E-state index contributed by atoms with van der Waals surface area (Å²) in [5.74, 6) is -3.31. The smallest absolute Gasteiger partial charge is 0.292 e. The van der Waals surface area contributed by atoms with E-state index in [1.54, 1.807) is 17.5 Å². The molecule has 0 spiro atoms. The number of aromatic nitrogens is 3. The molecule has 0 N–H and O–H groups in total. The molecule has 0 radical (unpaired) electrons. The van der Waals surface area contributed by atoms with E-state index in [9.17, 15) is 22.0 Å². The van der Waals surface area contributed by atoms with Crippen LogP contribution in [0.5, 0.6) is 0 Å². The molecule has 1 saturated carbocycles. The number of ketones is 1. The summed E-state index contributed by atoms with van der Waals surface area (Å²) in [7, 11) is -2.53. The number of rotatable bonds is 6. The van der Waals surface area contributed by atoms with Crippen LogP contribution < -0.4 is 8.61 Å². The fourth-order valence-corrected chi connectivity index (χ4v) is 6.12. The Kier molecular flexibility index (Phi) is 5.04. The van der Waals surface area contributed by atoms with Gasteiger partial charge in [-0.05, 0) is 54.4 Å². The summed E-state index contributed by atoms with van der Waals surface area (Å²) >= 11 is 1.15. The number of Topliss-reactive ketones (excluding diaryl/α,β-unsaturated/α-hetero) is 1. The van der Waals surface area contributed by atoms with E-state index in [1.807, 2.05) is 6.08 Å². The van der Waals surface area contributed by atoms with Gasteiger partial charge in [0.25, 0.3) is 5.92 Å². The van der Waals surface area contributed by atoms with Crippen molar-refractivity contribution in [1.82, 2.24) is 14.6 Å². The Morgan fingerprint density at radius 2 is 2.12 bits per heavy atom. The summed E-state index contributed by atoms with van der Waals surface area (Å²) in [6.45, 7) is -0.249. The van der Waals surface area contributed by atoms with Gasteiger partial charge in [-0.3, -0.25) is 4.79 Å². The molecule has 2 unspecified atom stereocenters. The highest BCUT2D eigenvalue weighted by atomic mass is 32.2. The Bertz CT molecular complexity index is 1200. The molecule has 0 amide bonds. The number of pyridine rings is 1. The van der Waals surface area contributed by atoms with Crippen LogP contribution in [0.1, 0.15) is 48.3 Å². The van der Waals surface area contributed by atoms with Crippen molar-refractivity contribution in [3.05, 3.63) is 35.0 Å². The lowest BCUT2D eigenvalue weighted by Gasteiger charge is -2.21. The molecule has 12 heteroatoms. The molecule has 2 aromatic heterocycles. The van der Waals surface area contributed by atoms with Crippen LogP contribution in [0.15, 0.2) is 23.6 Å². The number of carbonyl (C=O) groups is 1. The zero-order valence-electron chi connectivity index (χ0n) is 17.2. The third-order valence-electron chi connectivity index (χ3n) is 6.36. The van der Waals surface area contributed by atoms with Crippen LogP contribution in [0, 0.1) is 11.8 Å². The number of allylic oxidation sites excluding steroid dienone is 2. The Morgan fingerprint density at radius 3 is 2.75 bits per heavy atom. The number of fused-ring (bicyclic) bond motifs is 1. The van der Waals surface area contributed by atoms with Crippen LogP contribution in [-0.4, -0.2) is 48.3 Å². The van der Waals surface area contributed by atoms with Gasteiger partial charge in [0.2, 0.25) is 0 Å². The van der Waals surface area contributed by atoms with Gasteiger partial charge in [0.15, 0.2) is 11.6 Å². The van der Waals surface area contributed by atoms with Crippen molar-refractivity contribution in [2.45, 2.75) is 38.0 Å². The lowest BCUT2D eigenvalue weighted by molar-refractivity contribution is 0.0953. The highest BCUT2D eigenvalue weighted by Crippen LogP contribution is 2.51. The second-order valence-corrected chi connectivity index (χ2v) is 11.0. The Morgan fingerprint density at radius 1 is 1.34 bits per heavy atom. The second-order valence-electron chi connectivity index (χ2n) is 8.49. The molecule has 2 aliphatic carbocycles. The number of carbonyl (C=O) groups excluding carboxylic acids is 1. The first-order chi connectivity index (χ1) is 15.2. The van der Waals surface area contributed by atoms with Gasteiger partial charge in [-0.2, -0.15) is 8.42 Å². The van der Waals surface area contributed by atoms with Crippen molar-refractivity contribution in [1.29, 1.82) is 0 Å². The first kappa shape index (κ1) is 21.4. The Hall–Kier alpha value is -2.47. The molecule has 3 heterocycles. The SMILES string of the molecule is CN1c2nc(C3=CCC(CC(=O)c4csnn4)CC3)ccc2N(CC2CC2(F)F)S1(=O)=O. The minimum absolute atomic E-state index is 0.00980. The molecule has 1 fully saturated rings. The average Bonchev–Trinajstić information content (AvgIpc) is 3.10. The summed E-state index contributed by atoms with van der Waals surface area (Å²) in [5.41, 5.74) is 2.39. The van der Waals surface area contributed by atoms with Gasteiger partial charge in [-0.25, -0.2) is 22.4 Å². The molecule has 0 aromatic carbocycles. The van der Waals surface area contributed by atoms with Crippen molar-refractivity contribution >= 4 is 44.6 Å². The molecule has 8 nitrogen and oxygen atoms in total. The highest BCUT2D eigenvalue weighted by Gasteiger charge is 2.59. The third-order valence-corrected chi connectivity index (χ3v) is 8.63. The summed E-state index contributed by atoms with van der Waals surface area (Å²) < 4.78 is 58.1. The van der Waals surface area contributed by atoms with Gasteiger partial charge in [0, 0.05) is 37.7 Å². The first-order valence-corrected chi connectivity index (χ1v) is 12.6. The molecule has 32 heavy (non-hydrogen) atoms. The van der Waals surface area contributed by atoms with E-state index in [4.69, 9.17) is 0 Å². The van der Waals surface area contributed by atoms with E-state index in [0.29, 0.717) is 36.3 Å². The third kappa shape index (κ3) is 3.68. The zero-order valence-corrected chi connectivity index (χ0v) is 18.9. The van der Waals surface area contributed by atoms with Crippen molar-refractivity contribution in [3.8, 4) is 0 Å². The van der Waals surface area contributed by atoms with E-state index in [2.05, 4.69) is 14.6 Å². The van der Waals surface area contributed by atoms with Crippen molar-refractivity contribution in [2.24, 2.45) is 11.8 Å². The largest absolute Gasteiger partial charge is 0.327 e. The van der Waals surface area contributed by atoms with Gasteiger partial charge in [0.1, 0.15) is 5.69 Å². The maximum absolute atomic E-state index is 13.4. The summed E-state index contributed by atoms with van der Waals surface area (Å²) in [5, 5.41) is 5.48. The quantitative estimate of drug-likeness (QED) is 0.586. The van der Waals surface area contributed by atoms with Gasteiger partial charge >= 0.3 is 10.2 Å². The van der Waals surface area contributed by atoms with Gasteiger partial charge in [-0.15, -0.1) is 5.10 Å². The highest BCUT2D eigenvalue weighted by molar-refractivity contribution is 7.94. The molecule has 0 saturated heterocycles. The lowest BCUT2D eigenvalue weighted by atomic mass is 9.85. The summed E-state index contributed by atoms with van der Waals surface area (Å²) in [6, 6.07) is 3.38. The standard InChI is InChI=1S/C20H21F2N5O3S2/c1-26-19-17(27(32(26,29)30)10-14-9-20(14,21)22)7-6-15(23-19)13-4-2-12(3-5-13)8-18(28)16-11-31-25-24-16/h4,6-7,11-12,14H,2-3,5,8-10H2,1H3. The first-order valence-electron chi connectivity index (χ1n) is 10.3. The van der Waals surface area contributed by atoms with Gasteiger partial charge in [-0.1, -0.05) is 10.6 Å². The molecule has 1 aliphatic heterocycles. The lowest BCUT2D eigenvalue weighted by Crippen LogP contribution is -2.37. The molecule has 5 rings (SSSR count). The monoisotopic (exact) mass is 481 g/mol.